The molecule has 0 N–H and O–H groups in total. The van der Waals surface area contributed by atoms with Gasteiger partial charge in [-0.1, -0.05) is 19.1 Å². The first-order chi connectivity index (χ1) is 15.2. The molecule has 0 aliphatic carbocycles. The van der Waals surface area contributed by atoms with Crippen LogP contribution in [0.2, 0.25) is 0 Å². The molecule has 1 aliphatic rings. The van der Waals surface area contributed by atoms with Crippen LogP contribution in [0.3, 0.4) is 0 Å². The lowest BCUT2D eigenvalue weighted by atomic mass is 9.96. The van der Waals surface area contributed by atoms with E-state index in [-0.39, 0.29) is 24.4 Å². The van der Waals surface area contributed by atoms with E-state index >= 15 is 0 Å². The van der Waals surface area contributed by atoms with Crippen molar-refractivity contribution in [2.24, 2.45) is 0 Å². The molecule has 2 atom stereocenters. The van der Waals surface area contributed by atoms with Crippen molar-refractivity contribution in [2.45, 2.75) is 44.6 Å². The van der Waals surface area contributed by atoms with Crippen molar-refractivity contribution in [3.8, 4) is 5.75 Å². The Morgan fingerprint density at radius 3 is 2.59 bits per heavy atom. The minimum atomic E-state index is -2.94. The van der Waals surface area contributed by atoms with Gasteiger partial charge in [0.15, 0.2) is 5.78 Å². The molecule has 3 rings (SSSR count). The predicted octanol–water partition coefficient (Wildman–Crippen LogP) is 4.16. The van der Waals surface area contributed by atoms with Crippen LogP contribution >= 0.6 is 0 Å². The summed E-state index contributed by atoms with van der Waals surface area (Å²) in [6, 6.07) is 8.83. The molecule has 1 aromatic heterocycles. The van der Waals surface area contributed by atoms with Gasteiger partial charge >= 0.3 is 0 Å². The Morgan fingerprint density at radius 1 is 1.22 bits per heavy atom. The van der Waals surface area contributed by atoms with Crippen molar-refractivity contribution < 1.29 is 27.1 Å². The second kappa shape index (κ2) is 10.6. The summed E-state index contributed by atoms with van der Waals surface area (Å²) in [4.78, 5) is 23.0. The van der Waals surface area contributed by atoms with E-state index in [0.29, 0.717) is 24.7 Å². The molecule has 0 bridgehead atoms. The maximum Gasteiger partial charge on any atom is 0.296 e. The highest BCUT2D eigenvalue weighted by molar-refractivity contribution is 5.82. The fraction of sp³-hybridized carbons (Fsp3) is 0.500. The van der Waals surface area contributed by atoms with E-state index < -0.39 is 25.2 Å². The zero-order chi connectivity index (χ0) is 23.3. The summed E-state index contributed by atoms with van der Waals surface area (Å²) in [6.07, 6.45) is -3.41. The standard InChI is InChI=1S/C22H26F4N4O2/c1-14(11-18(31)21(25)26)15-3-5-16(6-4-15)32-17-8-10-30(12-17)20-7-9-27-22(28-20)29(2)13-19(23)24/h3-7,9,14,17,19,21H,8,10-13H2,1-2H3/t14-,17?/m1/s1. The second-order valence-corrected chi connectivity index (χ2v) is 7.90. The van der Waals surface area contributed by atoms with Gasteiger partial charge in [0.2, 0.25) is 5.95 Å². The summed E-state index contributed by atoms with van der Waals surface area (Å²) in [5.41, 5.74) is 0.792. The van der Waals surface area contributed by atoms with Gasteiger partial charge in [-0.05, 0) is 29.7 Å². The van der Waals surface area contributed by atoms with Crippen LogP contribution in [-0.2, 0) is 4.79 Å². The highest BCUT2D eigenvalue weighted by Crippen LogP contribution is 2.26. The Morgan fingerprint density at radius 2 is 1.94 bits per heavy atom. The molecule has 0 radical (unpaired) electrons. The average molecular weight is 454 g/mol. The van der Waals surface area contributed by atoms with Crippen molar-refractivity contribution in [3.63, 3.8) is 0 Å². The summed E-state index contributed by atoms with van der Waals surface area (Å²) in [6.45, 7) is 2.57. The van der Waals surface area contributed by atoms with Gasteiger partial charge in [0, 0.05) is 32.6 Å². The van der Waals surface area contributed by atoms with Crippen molar-refractivity contribution in [3.05, 3.63) is 42.1 Å². The van der Waals surface area contributed by atoms with E-state index in [1.165, 1.54) is 11.9 Å². The molecule has 1 aromatic carbocycles. The molecule has 0 saturated carbocycles. The number of alkyl halides is 4. The molecule has 32 heavy (non-hydrogen) atoms. The topological polar surface area (TPSA) is 58.6 Å². The SMILES string of the molecule is C[C@H](CC(=O)C(F)F)c1ccc(OC2CCN(c3ccnc(N(C)CC(F)F)n3)C2)cc1. The highest BCUT2D eigenvalue weighted by atomic mass is 19.3. The molecule has 10 heteroatoms. The van der Waals surface area contributed by atoms with Gasteiger partial charge in [-0.2, -0.15) is 4.98 Å². The van der Waals surface area contributed by atoms with Crippen molar-refractivity contribution in [1.29, 1.82) is 0 Å². The number of aromatic nitrogens is 2. The van der Waals surface area contributed by atoms with Gasteiger partial charge in [0.25, 0.3) is 12.9 Å². The van der Waals surface area contributed by atoms with Gasteiger partial charge in [-0.3, -0.25) is 4.79 Å². The van der Waals surface area contributed by atoms with E-state index in [1.807, 2.05) is 4.90 Å². The Balaban J connectivity index is 1.56. The number of anilines is 2. The van der Waals surface area contributed by atoms with Gasteiger partial charge in [0.1, 0.15) is 17.7 Å². The maximum absolute atomic E-state index is 12.6. The molecule has 2 aromatic rings. The van der Waals surface area contributed by atoms with Gasteiger partial charge in [0.05, 0.1) is 13.1 Å². The maximum atomic E-state index is 12.6. The number of rotatable bonds is 10. The summed E-state index contributed by atoms with van der Waals surface area (Å²) < 4.78 is 56.2. The summed E-state index contributed by atoms with van der Waals surface area (Å²) in [7, 11) is 1.52. The zero-order valence-electron chi connectivity index (χ0n) is 17.9. The number of hydrogen-bond acceptors (Lipinski definition) is 6. The van der Waals surface area contributed by atoms with Crippen LogP contribution in [0.1, 0.15) is 31.2 Å². The number of halogens is 4. The number of ether oxygens (including phenoxy) is 1. The molecule has 0 spiro atoms. The van der Waals surface area contributed by atoms with E-state index in [2.05, 4.69) is 9.97 Å². The van der Waals surface area contributed by atoms with Crippen LogP contribution in [0.5, 0.6) is 5.75 Å². The third-order valence-electron chi connectivity index (χ3n) is 5.35. The number of Topliss-reactive ketones (excluding diaryl/α,β-unsaturated/α-hetero) is 1. The average Bonchev–Trinajstić information content (AvgIpc) is 3.22. The lowest BCUT2D eigenvalue weighted by Crippen LogP contribution is -2.28. The first-order valence-electron chi connectivity index (χ1n) is 10.4. The minimum Gasteiger partial charge on any atom is -0.489 e. The molecule has 1 fully saturated rings. The largest absolute Gasteiger partial charge is 0.489 e. The van der Waals surface area contributed by atoms with Crippen LogP contribution in [0.4, 0.5) is 29.3 Å². The summed E-state index contributed by atoms with van der Waals surface area (Å²) in [5.74, 6) is 0.171. The third-order valence-corrected chi connectivity index (χ3v) is 5.35. The van der Waals surface area contributed by atoms with Crippen LogP contribution in [0.15, 0.2) is 36.5 Å². The summed E-state index contributed by atoms with van der Waals surface area (Å²) >= 11 is 0. The Bertz CT molecular complexity index is 898. The van der Waals surface area contributed by atoms with Crippen LogP contribution in [0.25, 0.3) is 0 Å². The van der Waals surface area contributed by atoms with Crippen LogP contribution in [0, 0.1) is 0 Å². The monoisotopic (exact) mass is 454 g/mol. The van der Waals surface area contributed by atoms with E-state index in [1.54, 1.807) is 43.5 Å². The zero-order valence-corrected chi connectivity index (χ0v) is 17.9. The molecular weight excluding hydrogens is 428 g/mol. The first-order valence-corrected chi connectivity index (χ1v) is 10.4. The fourth-order valence-electron chi connectivity index (χ4n) is 3.60. The van der Waals surface area contributed by atoms with Gasteiger partial charge in [-0.25, -0.2) is 22.5 Å². The Hall–Kier alpha value is -2.91. The van der Waals surface area contributed by atoms with Crippen LogP contribution in [-0.4, -0.2) is 61.4 Å². The van der Waals surface area contributed by atoms with E-state index in [9.17, 15) is 22.4 Å². The molecule has 1 saturated heterocycles. The lowest BCUT2D eigenvalue weighted by molar-refractivity contribution is -0.129. The molecular formula is C22H26F4N4O2. The second-order valence-electron chi connectivity index (χ2n) is 7.90. The Labute approximate surface area is 184 Å². The number of ketones is 1. The normalized spacial score (nSPS) is 17.1. The molecule has 1 unspecified atom stereocenters. The van der Waals surface area contributed by atoms with E-state index in [0.717, 1.165) is 12.0 Å². The number of benzene rings is 1. The number of hydrogen-bond donors (Lipinski definition) is 0. The van der Waals surface area contributed by atoms with Crippen molar-refractivity contribution >= 4 is 17.5 Å². The van der Waals surface area contributed by atoms with Crippen LogP contribution < -0.4 is 14.5 Å². The molecule has 6 nitrogen and oxygen atoms in total. The molecule has 174 valence electrons. The minimum absolute atomic E-state index is 0.0871. The smallest absolute Gasteiger partial charge is 0.296 e. The van der Waals surface area contributed by atoms with E-state index in [4.69, 9.17) is 4.74 Å². The Kier molecular flexibility index (Phi) is 7.87. The number of carbonyl (C=O) groups excluding carboxylic acids is 1. The summed E-state index contributed by atoms with van der Waals surface area (Å²) in [5, 5.41) is 0. The quantitative estimate of drug-likeness (QED) is 0.503. The number of nitrogens with zero attached hydrogens (tertiary/aromatic N) is 4. The highest BCUT2D eigenvalue weighted by Gasteiger charge is 2.26. The predicted molar refractivity (Wildman–Crippen MR) is 113 cm³/mol. The van der Waals surface area contributed by atoms with Gasteiger partial charge < -0.3 is 14.5 Å². The molecule has 0 amide bonds. The fourth-order valence-corrected chi connectivity index (χ4v) is 3.60. The van der Waals surface area contributed by atoms with Gasteiger partial charge in [-0.15, -0.1) is 0 Å². The first kappa shape index (κ1) is 23.7. The third kappa shape index (κ3) is 6.30. The van der Waals surface area contributed by atoms with Crippen molar-refractivity contribution in [2.75, 3.05) is 36.5 Å². The lowest BCUT2D eigenvalue weighted by Gasteiger charge is -2.21. The molecule has 2 heterocycles. The van der Waals surface area contributed by atoms with Crippen molar-refractivity contribution in [1.82, 2.24) is 9.97 Å². The molecule has 1 aliphatic heterocycles. The number of carbonyl (C=O) groups is 1.